The molecular weight excluding hydrogens is 339 g/mol. The molecule has 1 aliphatic rings. The van der Waals surface area contributed by atoms with E-state index < -0.39 is 0 Å². The summed E-state index contributed by atoms with van der Waals surface area (Å²) in [7, 11) is 0. The Hall–Kier alpha value is -2.41. The number of esters is 1. The predicted molar refractivity (Wildman–Crippen MR) is 95.7 cm³/mol. The largest absolute Gasteiger partial charge is 0.489 e. The minimum Gasteiger partial charge on any atom is -0.489 e. The van der Waals surface area contributed by atoms with Crippen LogP contribution in [0.3, 0.4) is 0 Å². The fraction of sp³-hybridized carbons (Fsp3) is 0.474. The van der Waals surface area contributed by atoms with Gasteiger partial charge in [0.05, 0.1) is 12.9 Å². The second-order valence-electron chi connectivity index (χ2n) is 6.13. The molecule has 1 aromatic rings. The van der Waals surface area contributed by atoms with E-state index in [-0.39, 0.29) is 31.6 Å². The Balaban J connectivity index is 1.96. The fourth-order valence-corrected chi connectivity index (χ4v) is 2.60. The van der Waals surface area contributed by atoms with Gasteiger partial charge in [0.1, 0.15) is 18.9 Å². The quantitative estimate of drug-likeness (QED) is 0.537. The monoisotopic (exact) mass is 364 g/mol. The highest BCUT2D eigenvalue weighted by Crippen LogP contribution is 2.24. The molecule has 0 saturated heterocycles. The highest BCUT2D eigenvalue weighted by Gasteiger charge is 2.26. The number of ether oxygens (including phenoxy) is 2. The van der Waals surface area contributed by atoms with Gasteiger partial charge in [-0.1, -0.05) is 13.3 Å². The summed E-state index contributed by atoms with van der Waals surface area (Å²) in [5.41, 5.74) is 7.14. The maximum Gasteiger partial charge on any atom is 0.325 e. The lowest BCUT2D eigenvalue weighted by Crippen LogP contribution is -2.41. The van der Waals surface area contributed by atoms with Crippen molar-refractivity contribution in [1.82, 2.24) is 4.90 Å². The van der Waals surface area contributed by atoms with E-state index in [1.807, 2.05) is 6.92 Å². The number of fused-ring (bicyclic) bond motifs is 1. The van der Waals surface area contributed by atoms with Crippen molar-refractivity contribution in [1.29, 1.82) is 0 Å². The first-order valence-corrected chi connectivity index (χ1v) is 8.77. The average Bonchev–Trinajstić information content (AvgIpc) is 2.65. The molecule has 0 saturated carbocycles. The molecule has 0 atom stereocenters. The zero-order valence-corrected chi connectivity index (χ0v) is 15.0. The highest BCUT2D eigenvalue weighted by atomic mass is 19.1. The van der Waals surface area contributed by atoms with Crippen molar-refractivity contribution in [2.45, 2.75) is 26.2 Å². The summed E-state index contributed by atoms with van der Waals surface area (Å²) < 4.78 is 23.1. The maximum atomic E-state index is 12.6. The van der Waals surface area contributed by atoms with Crippen LogP contribution in [-0.4, -0.2) is 49.6 Å². The SMILES string of the molecule is CCCCOC(=O)CN1CCc2cc(OC/C(=C\F)CN)ccc2C1=O. The van der Waals surface area contributed by atoms with Crippen LogP contribution in [0, 0.1) is 0 Å². The molecule has 1 aromatic carbocycles. The van der Waals surface area contributed by atoms with Crippen LogP contribution in [0.1, 0.15) is 35.7 Å². The fourth-order valence-electron chi connectivity index (χ4n) is 2.60. The van der Waals surface area contributed by atoms with Crippen molar-refractivity contribution in [3.8, 4) is 5.75 Å². The van der Waals surface area contributed by atoms with Crippen LogP contribution in [0.4, 0.5) is 4.39 Å². The summed E-state index contributed by atoms with van der Waals surface area (Å²) in [6.07, 6.45) is 2.82. The maximum absolute atomic E-state index is 12.6. The van der Waals surface area contributed by atoms with Crippen LogP contribution in [-0.2, 0) is 16.0 Å². The van der Waals surface area contributed by atoms with Gasteiger partial charge in [0.25, 0.3) is 5.91 Å². The molecule has 1 heterocycles. The van der Waals surface area contributed by atoms with Gasteiger partial charge < -0.3 is 20.1 Å². The first-order valence-electron chi connectivity index (χ1n) is 8.77. The number of nitrogens with zero attached hydrogens (tertiary/aromatic N) is 1. The van der Waals surface area contributed by atoms with Crippen molar-refractivity contribution in [2.24, 2.45) is 5.73 Å². The number of amides is 1. The number of nitrogens with two attached hydrogens (primary N) is 1. The van der Waals surface area contributed by atoms with Gasteiger partial charge in [0, 0.05) is 24.2 Å². The van der Waals surface area contributed by atoms with Crippen LogP contribution in [0.15, 0.2) is 30.1 Å². The van der Waals surface area contributed by atoms with Crippen LogP contribution in [0.2, 0.25) is 0 Å². The van der Waals surface area contributed by atoms with E-state index in [2.05, 4.69) is 0 Å². The van der Waals surface area contributed by atoms with E-state index in [1.54, 1.807) is 18.2 Å². The minimum atomic E-state index is -0.387. The summed E-state index contributed by atoms with van der Waals surface area (Å²) in [6.45, 7) is 2.95. The van der Waals surface area contributed by atoms with E-state index in [4.69, 9.17) is 15.2 Å². The number of carbonyl (C=O) groups is 2. The van der Waals surface area contributed by atoms with Crippen molar-refractivity contribution >= 4 is 11.9 Å². The second-order valence-corrected chi connectivity index (χ2v) is 6.13. The van der Waals surface area contributed by atoms with Crippen molar-refractivity contribution < 1.29 is 23.5 Å². The summed E-state index contributed by atoms with van der Waals surface area (Å²) >= 11 is 0. The van der Waals surface area contributed by atoms with Gasteiger partial charge >= 0.3 is 5.97 Å². The van der Waals surface area contributed by atoms with Gasteiger partial charge in [-0.25, -0.2) is 4.39 Å². The van der Waals surface area contributed by atoms with Gasteiger partial charge in [-0.2, -0.15) is 0 Å². The van der Waals surface area contributed by atoms with Gasteiger partial charge in [0.2, 0.25) is 0 Å². The molecule has 6 nitrogen and oxygen atoms in total. The van der Waals surface area contributed by atoms with Gasteiger partial charge in [-0.15, -0.1) is 0 Å². The number of halogens is 1. The summed E-state index contributed by atoms with van der Waals surface area (Å²) in [4.78, 5) is 25.9. The molecule has 2 rings (SSSR count). The number of carbonyl (C=O) groups excluding carboxylic acids is 2. The Labute approximate surface area is 152 Å². The molecular formula is C19H25FN2O4. The molecule has 26 heavy (non-hydrogen) atoms. The molecule has 0 radical (unpaired) electrons. The first-order chi connectivity index (χ1) is 12.6. The predicted octanol–water partition coefficient (Wildman–Crippen LogP) is 2.22. The standard InChI is InChI=1S/C19H25FN2O4/c1-2-3-8-25-18(23)12-22-7-6-15-9-16(4-5-17(15)19(22)24)26-13-14(10-20)11-21/h4-5,9-10H,2-3,6-8,11-13,21H2,1H3/b14-10-. The Morgan fingerprint density at radius 1 is 1.42 bits per heavy atom. The first kappa shape index (κ1) is 19.9. The van der Waals surface area contributed by atoms with Gasteiger partial charge in [-0.05, 0) is 36.6 Å². The number of rotatable bonds is 9. The molecule has 0 bridgehead atoms. The van der Waals surface area contributed by atoms with Crippen LogP contribution < -0.4 is 10.5 Å². The normalized spacial score (nSPS) is 14.2. The third kappa shape index (κ3) is 5.29. The Morgan fingerprint density at radius 3 is 2.92 bits per heavy atom. The van der Waals surface area contributed by atoms with Gasteiger partial charge in [0.15, 0.2) is 0 Å². The molecule has 1 amide bonds. The molecule has 1 aliphatic heterocycles. The molecule has 0 aliphatic carbocycles. The van der Waals surface area contributed by atoms with Crippen LogP contribution in [0.25, 0.3) is 0 Å². The summed E-state index contributed by atoms with van der Waals surface area (Å²) in [6, 6.07) is 5.10. The van der Waals surface area contributed by atoms with Crippen molar-refractivity contribution in [3.05, 3.63) is 41.2 Å². The lowest BCUT2D eigenvalue weighted by Gasteiger charge is -2.28. The number of unbranched alkanes of at least 4 members (excludes halogenated alkanes) is 1. The third-order valence-corrected chi connectivity index (χ3v) is 4.17. The van der Waals surface area contributed by atoms with E-state index >= 15 is 0 Å². The summed E-state index contributed by atoms with van der Waals surface area (Å²) in [5.74, 6) is -0.0316. The molecule has 0 spiro atoms. The van der Waals surface area contributed by atoms with E-state index in [0.717, 1.165) is 18.4 Å². The highest BCUT2D eigenvalue weighted by molar-refractivity contribution is 5.98. The van der Waals surface area contributed by atoms with E-state index in [0.29, 0.717) is 42.8 Å². The topological polar surface area (TPSA) is 81.9 Å². The lowest BCUT2D eigenvalue weighted by molar-refractivity contribution is -0.144. The number of hydrogen-bond donors (Lipinski definition) is 1. The zero-order chi connectivity index (χ0) is 18.9. The zero-order valence-electron chi connectivity index (χ0n) is 15.0. The van der Waals surface area contributed by atoms with Crippen LogP contribution in [0.5, 0.6) is 5.75 Å². The molecule has 142 valence electrons. The number of benzene rings is 1. The molecule has 2 N–H and O–H groups in total. The minimum absolute atomic E-state index is 0.0403. The van der Waals surface area contributed by atoms with Gasteiger partial charge in [-0.3, -0.25) is 9.59 Å². The molecule has 0 aromatic heterocycles. The Morgan fingerprint density at radius 2 is 2.23 bits per heavy atom. The Kier molecular flexibility index (Phi) is 7.59. The van der Waals surface area contributed by atoms with Crippen molar-refractivity contribution in [2.75, 3.05) is 32.8 Å². The summed E-state index contributed by atoms with van der Waals surface area (Å²) in [5, 5.41) is 0. The van der Waals surface area contributed by atoms with E-state index in [1.165, 1.54) is 4.90 Å². The van der Waals surface area contributed by atoms with Crippen molar-refractivity contribution in [3.63, 3.8) is 0 Å². The smallest absolute Gasteiger partial charge is 0.325 e. The molecule has 7 heteroatoms. The second kappa shape index (κ2) is 9.91. The molecule has 0 unspecified atom stereocenters. The average molecular weight is 364 g/mol. The Bertz CT molecular complexity index is 676. The molecule has 0 fully saturated rings. The van der Waals surface area contributed by atoms with E-state index in [9.17, 15) is 14.0 Å². The number of hydrogen-bond acceptors (Lipinski definition) is 5. The third-order valence-electron chi connectivity index (χ3n) is 4.17. The van der Waals surface area contributed by atoms with Crippen LogP contribution >= 0.6 is 0 Å². The lowest BCUT2D eigenvalue weighted by atomic mass is 9.98.